The maximum atomic E-state index is 10.9. The summed E-state index contributed by atoms with van der Waals surface area (Å²) in [5.74, 6) is 1.81. The van der Waals surface area contributed by atoms with E-state index in [0.29, 0.717) is 42.1 Å². The summed E-state index contributed by atoms with van der Waals surface area (Å²) in [4.78, 5) is 8.52. The monoisotopic (exact) mass is 266 g/mol. The minimum Gasteiger partial charge on any atom is -0.480 e. The quantitative estimate of drug-likeness (QED) is 0.908. The number of aliphatic hydroxyl groups is 1. The van der Waals surface area contributed by atoms with Gasteiger partial charge in [0.1, 0.15) is 11.3 Å². The fraction of sp³-hybridized carbons (Fsp3) is 0.714. The van der Waals surface area contributed by atoms with Crippen LogP contribution in [0.2, 0.25) is 0 Å². The van der Waals surface area contributed by atoms with Crippen molar-refractivity contribution in [2.24, 2.45) is 11.8 Å². The second-order valence-corrected chi connectivity index (χ2v) is 5.50. The number of nitrogens with zero attached hydrogens (tertiary/aromatic N) is 2. The number of rotatable bonds is 3. The molecule has 1 N–H and O–H groups in total. The third-order valence-electron chi connectivity index (χ3n) is 4.21. The van der Waals surface area contributed by atoms with Crippen molar-refractivity contribution in [3.8, 4) is 11.8 Å². The van der Waals surface area contributed by atoms with Crippen LogP contribution in [-0.4, -0.2) is 29.3 Å². The fourth-order valence-electron chi connectivity index (χ4n) is 2.72. The zero-order valence-electron chi connectivity index (χ0n) is 12.0. The number of aromatic nitrogens is 2. The molecule has 106 valence electrons. The van der Waals surface area contributed by atoms with Crippen LogP contribution in [-0.2, 0) is 5.60 Å². The average Bonchev–Trinajstić information content (AvgIpc) is 2.42. The van der Waals surface area contributed by atoms with Gasteiger partial charge in [0.25, 0.3) is 0 Å². The first-order chi connectivity index (χ1) is 9.00. The van der Waals surface area contributed by atoms with Gasteiger partial charge < -0.3 is 14.6 Å². The molecule has 5 nitrogen and oxygen atoms in total. The van der Waals surface area contributed by atoms with Gasteiger partial charge in [0, 0.05) is 0 Å². The van der Waals surface area contributed by atoms with Crippen LogP contribution in [0.25, 0.3) is 0 Å². The zero-order chi connectivity index (χ0) is 14.0. The van der Waals surface area contributed by atoms with Crippen LogP contribution in [0.3, 0.4) is 0 Å². The molecule has 3 unspecified atom stereocenters. The second kappa shape index (κ2) is 5.33. The highest BCUT2D eigenvalue weighted by Crippen LogP contribution is 2.44. The minimum absolute atomic E-state index is 0.351. The van der Waals surface area contributed by atoms with E-state index < -0.39 is 5.60 Å². The summed E-state index contributed by atoms with van der Waals surface area (Å²) >= 11 is 0. The molecule has 1 saturated carbocycles. The largest absolute Gasteiger partial charge is 0.480 e. The van der Waals surface area contributed by atoms with Gasteiger partial charge in [0.05, 0.1) is 20.4 Å². The molecule has 2 rings (SSSR count). The Morgan fingerprint density at radius 1 is 1.26 bits per heavy atom. The van der Waals surface area contributed by atoms with Crippen molar-refractivity contribution in [3.63, 3.8) is 0 Å². The average molecular weight is 266 g/mol. The number of ether oxygens (including phenoxy) is 2. The Hall–Kier alpha value is -1.36. The summed E-state index contributed by atoms with van der Waals surface area (Å²) in [5, 5.41) is 10.9. The van der Waals surface area contributed by atoms with Gasteiger partial charge in [0.2, 0.25) is 11.8 Å². The van der Waals surface area contributed by atoms with Crippen LogP contribution >= 0.6 is 0 Å². The lowest BCUT2D eigenvalue weighted by Gasteiger charge is -2.38. The molecule has 5 heteroatoms. The Kier molecular flexibility index (Phi) is 3.94. The van der Waals surface area contributed by atoms with E-state index >= 15 is 0 Å². The Balaban J connectivity index is 2.35. The van der Waals surface area contributed by atoms with E-state index in [0.717, 1.165) is 6.42 Å². The normalized spacial score (nSPS) is 31.0. The highest BCUT2D eigenvalue weighted by Gasteiger charge is 2.41. The summed E-state index contributed by atoms with van der Waals surface area (Å²) in [6.07, 6.45) is 3.88. The molecule has 1 fully saturated rings. The van der Waals surface area contributed by atoms with Gasteiger partial charge in [-0.05, 0) is 31.1 Å². The second-order valence-electron chi connectivity index (χ2n) is 5.50. The van der Waals surface area contributed by atoms with Gasteiger partial charge in [-0.15, -0.1) is 0 Å². The van der Waals surface area contributed by atoms with Gasteiger partial charge >= 0.3 is 0 Å². The topological polar surface area (TPSA) is 64.5 Å². The summed E-state index contributed by atoms with van der Waals surface area (Å²) < 4.78 is 10.3. The molecule has 1 heterocycles. The summed E-state index contributed by atoms with van der Waals surface area (Å²) in [5.41, 5.74) is -0.425. The van der Waals surface area contributed by atoms with E-state index in [9.17, 15) is 5.11 Å². The van der Waals surface area contributed by atoms with Crippen LogP contribution in [0, 0.1) is 11.8 Å². The third kappa shape index (κ3) is 2.66. The maximum Gasteiger partial charge on any atom is 0.241 e. The summed E-state index contributed by atoms with van der Waals surface area (Å²) in [6, 6.07) is 0. The highest BCUT2D eigenvalue weighted by atomic mass is 16.5. The molecule has 0 aromatic carbocycles. The Labute approximate surface area is 114 Å². The minimum atomic E-state index is -0.948. The van der Waals surface area contributed by atoms with Crippen LogP contribution in [0.5, 0.6) is 11.8 Å². The maximum absolute atomic E-state index is 10.9. The number of hydrogen-bond donors (Lipinski definition) is 1. The molecule has 0 bridgehead atoms. The van der Waals surface area contributed by atoms with Crippen molar-refractivity contribution >= 4 is 0 Å². The molecule has 0 amide bonds. The predicted octanol–water partition coefficient (Wildman–Crippen LogP) is 2.14. The Bertz CT molecular complexity index is 452. The number of hydrogen-bond acceptors (Lipinski definition) is 5. The predicted molar refractivity (Wildman–Crippen MR) is 71.2 cm³/mol. The first-order valence-electron chi connectivity index (χ1n) is 6.68. The van der Waals surface area contributed by atoms with E-state index in [2.05, 4.69) is 23.8 Å². The first kappa shape index (κ1) is 14.1. The molecular formula is C14H22N2O3. The molecule has 0 spiro atoms. The molecule has 0 saturated heterocycles. The number of methoxy groups -OCH3 is 2. The lowest BCUT2D eigenvalue weighted by Crippen LogP contribution is -2.36. The molecule has 1 aliphatic rings. The molecular weight excluding hydrogens is 244 g/mol. The van der Waals surface area contributed by atoms with Crippen molar-refractivity contribution in [1.29, 1.82) is 0 Å². The molecule has 1 aromatic rings. The van der Waals surface area contributed by atoms with Crippen LogP contribution in [0.1, 0.15) is 38.8 Å². The first-order valence-corrected chi connectivity index (χ1v) is 6.68. The van der Waals surface area contributed by atoms with E-state index in [4.69, 9.17) is 9.47 Å². The summed E-state index contributed by atoms with van der Waals surface area (Å²) in [7, 11) is 3.06. The molecule has 1 aliphatic carbocycles. The van der Waals surface area contributed by atoms with Crippen LogP contribution in [0.4, 0.5) is 0 Å². The lowest BCUT2D eigenvalue weighted by molar-refractivity contribution is -0.0392. The molecule has 0 aliphatic heterocycles. The van der Waals surface area contributed by atoms with E-state index in [-0.39, 0.29) is 0 Å². The van der Waals surface area contributed by atoms with Crippen molar-refractivity contribution in [1.82, 2.24) is 9.97 Å². The van der Waals surface area contributed by atoms with Gasteiger partial charge in [-0.1, -0.05) is 13.8 Å². The van der Waals surface area contributed by atoms with E-state index in [1.807, 2.05) is 0 Å². The standard InChI is InChI=1S/C14H22N2O3/c1-9-5-6-14(17,7-10(9)2)12-13(19-4)16-11(18-3)8-15-12/h8-10,17H,5-7H2,1-4H3. The van der Waals surface area contributed by atoms with Gasteiger partial charge in [-0.25, -0.2) is 4.98 Å². The van der Waals surface area contributed by atoms with Crippen molar-refractivity contribution < 1.29 is 14.6 Å². The molecule has 0 radical (unpaired) electrons. The highest BCUT2D eigenvalue weighted by molar-refractivity contribution is 5.28. The smallest absolute Gasteiger partial charge is 0.241 e. The van der Waals surface area contributed by atoms with Crippen LogP contribution in [0.15, 0.2) is 6.20 Å². The molecule has 1 aromatic heterocycles. The molecule has 3 atom stereocenters. The van der Waals surface area contributed by atoms with E-state index in [1.54, 1.807) is 0 Å². The van der Waals surface area contributed by atoms with Crippen LogP contribution < -0.4 is 9.47 Å². The lowest BCUT2D eigenvalue weighted by atomic mass is 9.72. The van der Waals surface area contributed by atoms with Gasteiger partial charge in [-0.3, -0.25) is 0 Å². The SMILES string of the molecule is COc1cnc(C2(O)CCC(C)C(C)C2)c(OC)n1. The van der Waals surface area contributed by atoms with Crippen molar-refractivity contribution in [2.75, 3.05) is 14.2 Å². The van der Waals surface area contributed by atoms with Crippen molar-refractivity contribution in [2.45, 2.75) is 38.7 Å². The Morgan fingerprint density at radius 3 is 2.58 bits per heavy atom. The third-order valence-corrected chi connectivity index (χ3v) is 4.21. The summed E-state index contributed by atoms with van der Waals surface area (Å²) in [6.45, 7) is 4.39. The van der Waals surface area contributed by atoms with Gasteiger partial charge in [-0.2, -0.15) is 4.98 Å². The fourth-order valence-corrected chi connectivity index (χ4v) is 2.72. The molecule has 19 heavy (non-hydrogen) atoms. The zero-order valence-corrected chi connectivity index (χ0v) is 12.0. The Morgan fingerprint density at radius 2 is 2.00 bits per heavy atom. The van der Waals surface area contributed by atoms with E-state index in [1.165, 1.54) is 20.4 Å². The van der Waals surface area contributed by atoms with Crippen molar-refractivity contribution in [3.05, 3.63) is 11.9 Å². The van der Waals surface area contributed by atoms with Gasteiger partial charge in [0.15, 0.2) is 0 Å².